The van der Waals surface area contributed by atoms with E-state index < -0.39 is 0 Å². The van der Waals surface area contributed by atoms with Gasteiger partial charge in [-0.3, -0.25) is 0 Å². The number of hydrogen-bond donors (Lipinski definition) is 2. The third kappa shape index (κ3) is 24.9. The molecule has 0 aromatic heterocycles. The third-order valence-corrected chi connectivity index (χ3v) is 2.22. The largest absolute Gasteiger partial charge is 0.396 e. The summed E-state index contributed by atoms with van der Waals surface area (Å²) in [5.74, 6) is 0. The van der Waals surface area contributed by atoms with Gasteiger partial charge in [-0.2, -0.15) is 0 Å². The second-order valence-electron chi connectivity index (χ2n) is 3.84. The van der Waals surface area contributed by atoms with Crippen LogP contribution in [0.5, 0.6) is 0 Å². The van der Waals surface area contributed by atoms with Crippen molar-refractivity contribution >= 4 is 0 Å². The van der Waals surface area contributed by atoms with Crippen molar-refractivity contribution in [3.05, 3.63) is 0 Å². The first-order valence-electron chi connectivity index (χ1n) is 6.64. The fourth-order valence-electron chi connectivity index (χ4n) is 1.19. The second-order valence-corrected chi connectivity index (χ2v) is 3.84. The molecule has 94 valence electrons. The minimum atomic E-state index is 0.344. The summed E-state index contributed by atoms with van der Waals surface area (Å²) in [6.45, 7) is 9.14. The molecule has 0 spiro atoms. The lowest BCUT2D eigenvalue weighted by atomic mass is 10.1. The first kappa shape index (κ1) is 17.3. The lowest BCUT2D eigenvalue weighted by Crippen LogP contribution is -2.13. The average Bonchev–Trinajstić information content (AvgIpc) is 2.25. The summed E-state index contributed by atoms with van der Waals surface area (Å²) < 4.78 is 0. The molecule has 2 N–H and O–H groups in total. The fraction of sp³-hybridized carbons (Fsp3) is 1.00. The second kappa shape index (κ2) is 19.5. The number of rotatable bonds is 9. The highest BCUT2D eigenvalue weighted by Crippen LogP contribution is 2.00. The van der Waals surface area contributed by atoms with Crippen LogP contribution in [0.2, 0.25) is 0 Å². The zero-order valence-electron chi connectivity index (χ0n) is 11.0. The maximum Gasteiger partial charge on any atom is 0.0430 e. The van der Waals surface area contributed by atoms with E-state index in [4.69, 9.17) is 5.11 Å². The summed E-state index contributed by atoms with van der Waals surface area (Å²) in [4.78, 5) is 0. The maximum absolute atomic E-state index is 8.07. The molecule has 0 aliphatic rings. The zero-order chi connectivity index (χ0) is 11.8. The number of unbranched alkanes of at least 4 members (excludes halogenated alkanes) is 5. The van der Waals surface area contributed by atoms with E-state index in [0.29, 0.717) is 6.61 Å². The van der Waals surface area contributed by atoms with Crippen molar-refractivity contribution in [3.63, 3.8) is 0 Å². The summed E-state index contributed by atoms with van der Waals surface area (Å²) in [5.41, 5.74) is 0. The van der Waals surface area contributed by atoms with Gasteiger partial charge in [0.05, 0.1) is 0 Å². The van der Waals surface area contributed by atoms with Crippen LogP contribution in [0.1, 0.15) is 65.7 Å². The Morgan fingerprint density at radius 1 is 0.800 bits per heavy atom. The summed E-state index contributed by atoms with van der Waals surface area (Å²) in [5, 5.41) is 11.4. The van der Waals surface area contributed by atoms with Gasteiger partial charge < -0.3 is 10.4 Å². The van der Waals surface area contributed by atoms with E-state index in [0.717, 1.165) is 19.4 Å². The number of aliphatic hydroxyl groups excluding tert-OH is 1. The molecule has 0 unspecified atom stereocenters. The van der Waals surface area contributed by atoms with Crippen molar-refractivity contribution < 1.29 is 5.11 Å². The molecule has 0 atom stereocenters. The first-order valence-corrected chi connectivity index (χ1v) is 6.64. The number of nitrogens with one attached hydrogen (secondary N) is 1. The van der Waals surface area contributed by atoms with Crippen LogP contribution in [0.3, 0.4) is 0 Å². The lowest BCUT2D eigenvalue weighted by molar-refractivity contribution is 0.287. The highest BCUT2D eigenvalue weighted by atomic mass is 16.2. The molecule has 0 rings (SSSR count). The quantitative estimate of drug-likeness (QED) is 0.581. The van der Waals surface area contributed by atoms with Crippen molar-refractivity contribution in [1.29, 1.82) is 0 Å². The third-order valence-electron chi connectivity index (χ3n) is 2.22. The van der Waals surface area contributed by atoms with Crippen LogP contribution in [0.4, 0.5) is 0 Å². The van der Waals surface area contributed by atoms with Crippen LogP contribution in [0, 0.1) is 0 Å². The van der Waals surface area contributed by atoms with Crippen molar-refractivity contribution in [2.45, 2.75) is 65.7 Å². The molecule has 0 aromatic rings. The standard InChI is InChI=1S/C9H21N.C4H10O/c1-3-5-6-7-8-9-10-4-2;1-2-3-4-5/h10H,3-9H2,1-2H3;5H,2-4H2,1H3. The molecule has 15 heavy (non-hydrogen) atoms. The minimum absolute atomic E-state index is 0.344. The molecule has 2 heteroatoms. The predicted octanol–water partition coefficient (Wildman–Crippen LogP) is 3.35. The molecule has 0 aromatic carbocycles. The van der Waals surface area contributed by atoms with Gasteiger partial charge in [0.25, 0.3) is 0 Å². The molecule has 0 saturated carbocycles. The van der Waals surface area contributed by atoms with Gasteiger partial charge in [0.15, 0.2) is 0 Å². The van der Waals surface area contributed by atoms with E-state index in [1.165, 1.54) is 38.6 Å². The minimum Gasteiger partial charge on any atom is -0.396 e. The SMILES string of the molecule is CCCCCCCNCC.CCCCO. The fourth-order valence-corrected chi connectivity index (χ4v) is 1.19. The molecule has 0 amide bonds. The topological polar surface area (TPSA) is 32.3 Å². The van der Waals surface area contributed by atoms with E-state index in [9.17, 15) is 0 Å². The molecule has 0 aliphatic carbocycles. The van der Waals surface area contributed by atoms with Crippen LogP contribution in [-0.4, -0.2) is 24.8 Å². The zero-order valence-corrected chi connectivity index (χ0v) is 11.0. The lowest BCUT2D eigenvalue weighted by Gasteiger charge is -1.99. The Morgan fingerprint density at radius 3 is 1.80 bits per heavy atom. The van der Waals surface area contributed by atoms with E-state index in [1.807, 2.05) is 0 Å². The molecule has 0 fully saturated rings. The Hall–Kier alpha value is -0.0800. The van der Waals surface area contributed by atoms with Crippen molar-refractivity contribution in [2.75, 3.05) is 19.7 Å². The van der Waals surface area contributed by atoms with Gasteiger partial charge in [0.1, 0.15) is 0 Å². The van der Waals surface area contributed by atoms with E-state index in [-0.39, 0.29) is 0 Å². The van der Waals surface area contributed by atoms with Crippen molar-refractivity contribution in [2.24, 2.45) is 0 Å². The molecule has 0 bridgehead atoms. The highest BCUT2D eigenvalue weighted by molar-refractivity contribution is 4.45. The summed E-state index contributed by atoms with van der Waals surface area (Å²) >= 11 is 0. The first-order chi connectivity index (χ1) is 7.33. The van der Waals surface area contributed by atoms with Crippen LogP contribution in [0.15, 0.2) is 0 Å². The number of hydrogen-bond acceptors (Lipinski definition) is 2. The molecular formula is C13H31NO. The molecule has 2 nitrogen and oxygen atoms in total. The Labute approximate surface area is 96.5 Å². The molecule has 0 aliphatic heterocycles. The monoisotopic (exact) mass is 217 g/mol. The van der Waals surface area contributed by atoms with Crippen LogP contribution < -0.4 is 5.32 Å². The molecule has 0 saturated heterocycles. The summed E-state index contributed by atoms with van der Waals surface area (Å²) in [6, 6.07) is 0. The van der Waals surface area contributed by atoms with E-state index in [1.54, 1.807) is 0 Å². The summed E-state index contributed by atoms with van der Waals surface area (Å²) in [7, 11) is 0. The predicted molar refractivity (Wildman–Crippen MR) is 69.3 cm³/mol. The maximum atomic E-state index is 8.07. The molecular weight excluding hydrogens is 186 g/mol. The Balaban J connectivity index is 0. The normalized spacial score (nSPS) is 9.60. The van der Waals surface area contributed by atoms with Crippen LogP contribution in [0.25, 0.3) is 0 Å². The van der Waals surface area contributed by atoms with Crippen molar-refractivity contribution in [3.8, 4) is 0 Å². The molecule has 0 heterocycles. The van der Waals surface area contributed by atoms with Gasteiger partial charge in [0.2, 0.25) is 0 Å². The Morgan fingerprint density at radius 2 is 1.40 bits per heavy atom. The van der Waals surface area contributed by atoms with Gasteiger partial charge in [-0.1, -0.05) is 52.9 Å². The van der Waals surface area contributed by atoms with Gasteiger partial charge >= 0.3 is 0 Å². The van der Waals surface area contributed by atoms with Crippen molar-refractivity contribution in [1.82, 2.24) is 5.32 Å². The smallest absolute Gasteiger partial charge is 0.0430 e. The van der Waals surface area contributed by atoms with E-state index >= 15 is 0 Å². The summed E-state index contributed by atoms with van der Waals surface area (Å²) in [6.07, 6.45) is 8.97. The van der Waals surface area contributed by atoms with Gasteiger partial charge in [0, 0.05) is 6.61 Å². The van der Waals surface area contributed by atoms with Crippen LogP contribution >= 0.6 is 0 Å². The van der Waals surface area contributed by atoms with Gasteiger partial charge in [-0.15, -0.1) is 0 Å². The van der Waals surface area contributed by atoms with Gasteiger partial charge in [-0.25, -0.2) is 0 Å². The Bertz CT molecular complexity index is 76.6. The Kier molecular flexibility index (Phi) is 22.5. The van der Waals surface area contributed by atoms with Crippen LogP contribution in [-0.2, 0) is 0 Å². The number of aliphatic hydroxyl groups is 1. The molecule has 0 radical (unpaired) electrons. The average molecular weight is 217 g/mol. The van der Waals surface area contributed by atoms with Gasteiger partial charge in [-0.05, 0) is 25.9 Å². The highest BCUT2D eigenvalue weighted by Gasteiger charge is 1.86. The van der Waals surface area contributed by atoms with E-state index in [2.05, 4.69) is 26.1 Å².